The van der Waals surface area contributed by atoms with Crippen LogP contribution in [-0.2, 0) is 12.8 Å². The lowest BCUT2D eigenvalue weighted by Crippen LogP contribution is -2.35. The zero-order chi connectivity index (χ0) is 20.1. The van der Waals surface area contributed by atoms with Crippen molar-refractivity contribution in [1.29, 1.82) is 0 Å². The summed E-state index contributed by atoms with van der Waals surface area (Å²) in [6, 6.07) is 20.5. The summed E-state index contributed by atoms with van der Waals surface area (Å²) in [5, 5.41) is 9.53. The summed E-state index contributed by atoms with van der Waals surface area (Å²) in [5.74, 6) is 0.318. The summed E-state index contributed by atoms with van der Waals surface area (Å²) in [6.07, 6.45) is 5.23. The van der Waals surface area contributed by atoms with Crippen LogP contribution in [0.15, 0.2) is 66.9 Å². The van der Waals surface area contributed by atoms with E-state index in [0.717, 1.165) is 37.9 Å². The van der Waals surface area contributed by atoms with Gasteiger partial charge in [0.05, 0.1) is 11.3 Å². The van der Waals surface area contributed by atoms with Gasteiger partial charge in [0.2, 0.25) is 5.95 Å². The van der Waals surface area contributed by atoms with Crippen LogP contribution >= 0.6 is 0 Å². The highest BCUT2D eigenvalue weighted by atomic mass is 16.4. The second kappa shape index (κ2) is 8.86. The normalized spacial score (nSPS) is 14.7. The van der Waals surface area contributed by atoms with Crippen molar-refractivity contribution in [3.05, 3.63) is 89.2 Å². The van der Waals surface area contributed by atoms with E-state index < -0.39 is 5.97 Å². The minimum atomic E-state index is -0.982. The second-order valence-corrected chi connectivity index (χ2v) is 7.62. The van der Waals surface area contributed by atoms with Gasteiger partial charge in [-0.05, 0) is 36.3 Å². The predicted molar refractivity (Wildman–Crippen MR) is 113 cm³/mol. The highest BCUT2D eigenvalue weighted by Crippen LogP contribution is 2.25. The summed E-state index contributed by atoms with van der Waals surface area (Å²) >= 11 is 0. The molecule has 0 amide bonds. The molecule has 1 aromatic heterocycles. The molecule has 148 valence electrons. The van der Waals surface area contributed by atoms with Crippen LogP contribution in [0.4, 0.5) is 5.95 Å². The molecule has 4 rings (SSSR count). The van der Waals surface area contributed by atoms with Crippen LogP contribution in [0.3, 0.4) is 0 Å². The lowest BCUT2D eigenvalue weighted by molar-refractivity contribution is 0.0695. The Hall–Kier alpha value is -3.21. The van der Waals surface area contributed by atoms with Crippen LogP contribution in [0, 0.1) is 5.92 Å². The van der Waals surface area contributed by atoms with E-state index >= 15 is 0 Å². The van der Waals surface area contributed by atoms with Gasteiger partial charge in [-0.25, -0.2) is 14.8 Å². The van der Waals surface area contributed by atoms with Gasteiger partial charge in [-0.15, -0.1) is 0 Å². The largest absolute Gasteiger partial charge is 0.478 e. The molecule has 0 bridgehead atoms. The standard InChI is InChI=1S/C24H25N3O2/c28-23(29)21-17-25-24(26-22(21)16-19-9-5-2-6-10-19)27-13-11-20(12-14-27)15-18-7-3-1-4-8-18/h1-10,17,20H,11-16H2,(H,28,29). The fraction of sp³-hybridized carbons (Fsp3) is 0.292. The molecule has 1 fully saturated rings. The average Bonchev–Trinajstić information content (AvgIpc) is 2.75. The van der Waals surface area contributed by atoms with E-state index in [1.54, 1.807) is 0 Å². The number of carbonyl (C=O) groups is 1. The Morgan fingerprint density at radius 1 is 0.966 bits per heavy atom. The van der Waals surface area contributed by atoms with E-state index in [-0.39, 0.29) is 5.56 Å². The lowest BCUT2D eigenvalue weighted by Gasteiger charge is -2.32. The maximum atomic E-state index is 11.6. The highest BCUT2D eigenvalue weighted by molar-refractivity contribution is 5.88. The molecular weight excluding hydrogens is 362 g/mol. The van der Waals surface area contributed by atoms with Crippen LogP contribution in [0.1, 0.15) is 40.0 Å². The summed E-state index contributed by atoms with van der Waals surface area (Å²) in [5.41, 5.74) is 3.18. The molecule has 3 aromatic rings. The third kappa shape index (κ3) is 4.80. The van der Waals surface area contributed by atoms with Gasteiger partial charge >= 0.3 is 5.97 Å². The molecule has 5 heteroatoms. The smallest absolute Gasteiger partial charge is 0.339 e. The number of carboxylic acid groups (broad SMARTS) is 1. The van der Waals surface area contributed by atoms with Crippen molar-refractivity contribution in [2.75, 3.05) is 18.0 Å². The summed E-state index contributed by atoms with van der Waals surface area (Å²) in [4.78, 5) is 22.8. The maximum absolute atomic E-state index is 11.6. The Morgan fingerprint density at radius 3 is 2.21 bits per heavy atom. The van der Waals surface area contributed by atoms with Crippen molar-refractivity contribution in [3.63, 3.8) is 0 Å². The van der Waals surface area contributed by atoms with Crippen molar-refractivity contribution in [2.45, 2.75) is 25.7 Å². The first-order valence-corrected chi connectivity index (χ1v) is 10.1. The van der Waals surface area contributed by atoms with Gasteiger partial charge in [0.25, 0.3) is 0 Å². The Bertz CT molecular complexity index is 952. The van der Waals surface area contributed by atoms with E-state index in [1.807, 2.05) is 30.3 Å². The van der Waals surface area contributed by atoms with Gasteiger partial charge in [0, 0.05) is 25.7 Å². The van der Waals surface area contributed by atoms with Gasteiger partial charge in [-0.3, -0.25) is 0 Å². The summed E-state index contributed by atoms with van der Waals surface area (Å²) < 4.78 is 0. The Balaban J connectivity index is 1.46. The highest BCUT2D eigenvalue weighted by Gasteiger charge is 2.23. The molecule has 0 unspecified atom stereocenters. The zero-order valence-electron chi connectivity index (χ0n) is 16.4. The number of hydrogen-bond donors (Lipinski definition) is 1. The van der Waals surface area contributed by atoms with Crippen LogP contribution in [0.25, 0.3) is 0 Å². The number of rotatable bonds is 6. The molecular formula is C24H25N3O2. The number of aromatic nitrogens is 2. The molecule has 29 heavy (non-hydrogen) atoms. The van der Waals surface area contributed by atoms with E-state index in [0.29, 0.717) is 24.0 Å². The van der Waals surface area contributed by atoms with Crippen LogP contribution < -0.4 is 4.90 Å². The van der Waals surface area contributed by atoms with Crippen molar-refractivity contribution >= 4 is 11.9 Å². The Kier molecular flexibility index (Phi) is 5.84. The average molecular weight is 387 g/mol. The first-order chi connectivity index (χ1) is 14.2. The van der Waals surface area contributed by atoms with Crippen molar-refractivity contribution in [2.24, 2.45) is 5.92 Å². The molecule has 0 radical (unpaired) electrons. The molecule has 1 aliphatic rings. The fourth-order valence-electron chi connectivity index (χ4n) is 3.95. The first-order valence-electron chi connectivity index (χ1n) is 10.1. The Labute approximate surface area is 171 Å². The second-order valence-electron chi connectivity index (χ2n) is 7.62. The third-order valence-corrected chi connectivity index (χ3v) is 5.56. The molecule has 1 saturated heterocycles. The number of piperidine rings is 1. The molecule has 0 saturated carbocycles. The molecule has 1 N–H and O–H groups in total. The minimum absolute atomic E-state index is 0.177. The van der Waals surface area contributed by atoms with E-state index in [4.69, 9.17) is 0 Å². The fourth-order valence-corrected chi connectivity index (χ4v) is 3.95. The molecule has 2 heterocycles. The maximum Gasteiger partial charge on any atom is 0.339 e. The number of nitrogens with zero attached hydrogens (tertiary/aromatic N) is 3. The van der Waals surface area contributed by atoms with E-state index in [9.17, 15) is 9.90 Å². The SMILES string of the molecule is O=C(O)c1cnc(N2CCC(Cc3ccccc3)CC2)nc1Cc1ccccc1. The van der Waals surface area contributed by atoms with Gasteiger partial charge in [-0.1, -0.05) is 60.7 Å². The number of benzene rings is 2. The topological polar surface area (TPSA) is 66.3 Å². The summed E-state index contributed by atoms with van der Waals surface area (Å²) in [6.45, 7) is 1.80. The van der Waals surface area contributed by atoms with Crippen LogP contribution in [-0.4, -0.2) is 34.1 Å². The molecule has 0 aliphatic carbocycles. The molecule has 0 atom stereocenters. The van der Waals surface area contributed by atoms with Crippen molar-refractivity contribution in [1.82, 2.24) is 9.97 Å². The molecule has 5 nitrogen and oxygen atoms in total. The number of hydrogen-bond acceptors (Lipinski definition) is 4. The molecule has 1 aliphatic heterocycles. The minimum Gasteiger partial charge on any atom is -0.478 e. The van der Waals surface area contributed by atoms with Crippen LogP contribution in [0.2, 0.25) is 0 Å². The third-order valence-electron chi connectivity index (χ3n) is 5.56. The lowest BCUT2D eigenvalue weighted by atomic mass is 9.90. The number of carboxylic acids is 1. The zero-order valence-corrected chi connectivity index (χ0v) is 16.4. The van der Waals surface area contributed by atoms with Gasteiger partial charge in [0.1, 0.15) is 0 Å². The van der Waals surface area contributed by atoms with Crippen molar-refractivity contribution in [3.8, 4) is 0 Å². The van der Waals surface area contributed by atoms with Crippen LogP contribution in [0.5, 0.6) is 0 Å². The number of aromatic carboxylic acids is 1. The van der Waals surface area contributed by atoms with Crippen molar-refractivity contribution < 1.29 is 9.90 Å². The molecule has 2 aromatic carbocycles. The first kappa shape index (κ1) is 19.1. The van der Waals surface area contributed by atoms with E-state index in [1.165, 1.54) is 11.8 Å². The summed E-state index contributed by atoms with van der Waals surface area (Å²) in [7, 11) is 0. The van der Waals surface area contributed by atoms with Gasteiger partial charge in [0.15, 0.2) is 0 Å². The number of anilines is 1. The Morgan fingerprint density at radius 2 is 1.59 bits per heavy atom. The quantitative estimate of drug-likeness (QED) is 0.686. The van der Waals surface area contributed by atoms with Gasteiger partial charge < -0.3 is 10.0 Å². The molecule has 0 spiro atoms. The monoisotopic (exact) mass is 387 g/mol. The van der Waals surface area contributed by atoms with Gasteiger partial charge in [-0.2, -0.15) is 0 Å². The van der Waals surface area contributed by atoms with E-state index in [2.05, 4.69) is 45.2 Å². The predicted octanol–water partition coefficient (Wildman–Crippen LogP) is 4.22.